The number of carbonyl (C=O) groups excluding carboxylic acids is 1. The van der Waals surface area contributed by atoms with Crippen molar-refractivity contribution in [3.63, 3.8) is 0 Å². The number of rotatable bonds is 8. The predicted octanol–water partition coefficient (Wildman–Crippen LogP) is 5.89. The van der Waals surface area contributed by atoms with Crippen LogP contribution in [0.15, 0.2) is 36.4 Å². The molecule has 0 aliphatic heterocycles. The molecule has 1 amide bonds. The second-order valence-electron chi connectivity index (χ2n) is 7.45. The summed E-state index contributed by atoms with van der Waals surface area (Å²) in [6, 6.07) is 12.5. The summed E-state index contributed by atoms with van der Waals surface area (Å²) in [5.41, 5.74) is 5.12. The number of carbonyl (C=O) groups is 1. The van der Waals surface area contributed by atoms with Crippen molar-refractivity contribution in [2.45, 2.75) is 41.0 Å². The second kappa shape index (κ2) is 10.9. The molecule has 3 aromatic rings. The van der Waals surface area contributed by atoms with E-state index in [1.807, 2.05) is 30.9 Å². The Labute approximate surface area is 190 Å². The van der Waals surface area contributed by atoms with Gasteiger partial charge in [-0.2, -0.15) is 0 Å². The van der Waals surface area contributed by atoms with E-state index in [0.717, 1.165) is 58.1 Å². The second-order valence-corrected chi connectivity index (χ2v) is 8.46. The summed E-state index contributed by atoms with van der Waals surface area (Å²) in [6.07, 6.45) is 0.996. The molecule has 2 aromatic carbocycles. The summed E-state index contributed by atoms with van der Waals surface area (Å²) >= 11 is 1.61. The molecule has 0 unspecified atom stereocenters. The molecule has 1 heterocycles. The van der Waals surface area contributed by atoms with Crippen LogP contribution in [-0.4, -0.2) is 42.0 Å². The molecule has 6 heteroatoms. The van der Waals surface area contributed by atoms with Crippen LogP contribution in [0.4, 0.5) is 5.13 Å². The third-order valence-corrected chi connectivity index (χ3v) is 6.52. The largest absolute Gasteiger partial charge is 0.302 e. The Hall–Kier alpha value is -1.95. The molecule has 3 rings (SSSR count). The van der Waals surface area contributed by atoms with Crippen molar-refractivity contribution >= 4 is 45.0 Å². The molecule has 0 radical (unpaired) electrons. The Bertz CT molecular complexity index is 997. The summed E-state index contributed by atoms with van der Waals surface area (Å²) in [4.78, 5) is 22.6. The van der Waals surface area contributed by atoms with Crippen LogP contribution in [0.2, 0.25) is 0 Å². The highest BCUT2D eigenvalue weighted by atomic mass is 35.5. The van der Waals surface area contributed by atoms with Gasteiger partial charge in [-0.15, -0.1) is 12.4 Å². The van der Waals surface area contributed by atoms with Crippen molar-refractivity contribution < 1.29 is 4.79 Å². The lowest BCUT2D eigenvalue weighted by Crippen LogP contribution is -2.39. The maximum Gasteiger partial charge on any atom is 0.260 e. The first-order chi connectivity index (χ1) is 14.0. The fraction of sp³-hybridized carbons (Fsp3) is 0.417. The van der Waals surface area contributed by atoms with Gasteiger partial charge in [0.05, 0.1) is 10.2 Å². The van der Waals surface area contributed by atoms with Gasteiger partial charge in [0, 0.05) is 18.7 Å². The van der Waals surface area contributed by atoms with Crippen LogP contribution < -0.4 is 4.90 Å². The number of hydrogen-bond donors (Lipinski definition) is 0. The number of fused-ring (bicyclic) bond motifs is 1. The third kappa shape index (κ3) is 5.39. The van der Waals surface area contributed by atoms with Gasteiger partial charge in [-0.05, 0) is 62.7 Å². The molecule has 0 N–H and O–H groups in total. The van der Waals surface area contributed by atoms with Crippen molar-refractivity contribution in [3.05, 3.63) is 58.7 Å². The van der Waals surface area contributed by atoms with Gasteiger partial charge in [-0.25, -0.2) is 4.98 Å². The molecule has 0 bridgehead atoms. The van der Waals surface area contributed by atoms with E-state index in [1.165, 1.54) is 5.56 Å². The van der Waals surface area contributed by atoms with Gasteiger partial charge in [0.15, 0.2) is 5.13 Å². The highest BCUT2D eigenvalue weighted by Gasteiger charge is 2.23. The number of aromatic nitrogens is 1. The van der Waals surface area contributed by atoms with E-state index in [-0.39, 0.29) is 18.3 Å². The van der Waals surface area contributed by atoms with E-state index < -0.39 is 0 Å². The van der Waals surface area contributed by atoms with Gasteiger partial charge < -0.3 is 4.90 Å². The van der Waals surface area contributed by atoms with E-state index >= 15 is 0 Å². The maximum absolute atomic E-state index is 13.6. The zero-order chi connectivity index (χ0) is 21.0. The van der Waals surface area contributed by atoms with Crippen LogP contribution in [0.5, 0.6) is 0 Å². The van der Waals surface area contributed by atoms with Crippen LogP contribution in [-0.2, 0) is 6.42 Å². The van der Waals surface area contributed by atoms with Gasteiger partial charge >= 0.3 is 0 Å². The zero-order valence-corrected chi connectivity index (χ0v) is 20.2. The van der Waals surface area contributed by atoms with E-state index in [9.17, 15) is 4.79 Å². The number of likely N-dealkylation sites (N-methyl/N-ethyl adjacent to an activating group) is 1. The summed E-state index contributed by atoms with van der Waals surface area (Å²) in [5.74, 6) is 0.0353. The highest BCUT2D eigenvalue weighted by molar-refractivity contribution is 7.22. The number of benzene rings is 2. The molecular formula is C24H32ClN3OS. The molecule has 30 heavy (non-hydrogen) atoms. The lowest BCUT2D eigenvalue weighted by molar-refractivity contribution is 0.0983. The first-order valence-corrected chi connectivity index (χ1v) is 11.3. The van der Waals surface area contributed by atoms with Crippen LogP contribution in [0, 0.1) is 13.8 Å². The number of aryl methyl sites for hydroxylation is 3. The summed E-state index contributed by atoms with van der Waals surface area (Å²) in [7, 11) is 0. The van der Waals surface area contributed by atoms with Gasteiger partial charge in [-0.1, -0.05) is 55.9 Å². The fourth-order valence-electron chi connectivity index (χ4n) is 3.47. The number of amides is 1. The Balaban J connectivity index is 0.00000320. The van der Waals surface area contributed by atoms with Crippen LogP contribution in [0.3, 0.4) is 0 Å². The van der Waals surface area contributed by atoms with Gasteiger partial charge in [0.25, 0.3) is 5.91 Å². The van der Waals surface area contributed by atoms with Crippen molar-refractivity contribution in [1.82, 2.24) is 9.88 Å². The molecule has 0 fully saturated rings. The number of hydrogen-bond acceptors (Lipinski definition) is 4. The van der Waals surface area contributed by atoms with Gasteiger partial charge in [0.2, 0.25) is 0 Å². The van der Waals surface area contributed by atoms with Crippen molar-refractivity contribution in [2.24, 2.45) is 0 Å². The molecule has 0 saturated carbocycles. The lowest BCUT2D eigenvalue weighted by atomic mass is 10.0. The molecule has 4 nitrogen and oxygen atoms in total. The number of halogens is 1. The maximum atomic E-state index is 13.6. The molecular weight excluding hydrogens is 414 g/mol. The van der Waals surface area contributed by atoms with E-state index in [2.05, 4.69) is 49.9 Å². The Morgan fingerprint density at radius 2 is 1.73 bits per heavy atom. The number of nitrogens with zero attached hydrogens (tertiary/aromatic N) is 3. The molecule has 0 aliphatic rings. The first kappa shape index (κ1) is 24.3. The topological polar surface area (TPSA) is 36.4 Å². The average Bonchev–Trinajstić information content (AvgIpc) is 3.15. The Kier molecular flexibility index (Phi) is 8.83. The van der Waals surface area contributed by atoms with E-state index in [4.69, 9.17) is 4.98 Å². The minimum atomic E-state index is 0. The molecule has 0 spiro atoms. The van der Waals surface area contributed by atoms with E-state index in [0.29, 0.717) is 6.54 Å². The van der Waals surface area contributed by atoms with Crippen LogP contribution >= 0.6 is 23.7 Å². The van der Waals surface area contributed by atoms with Crippen molar-refractivity contribution in [3.8, 4) is 0 Å². The molecule has 0 atom stereocenters. The predicted molar refractivity (Wildman–Crippen MR) is 132 cm³/mol. The molecule has 0 aliphatic carbocycles. The minimum Gasteiger partial charge on any atom is -0.302 e. The van der Waals surface area contributed by atoms with E-state index in [1.54, 1.807) is 11.3 Å². The average molecular weight is 446 g/mol. The lowest BCUT2D eigenvalue weighted by Gasteiger charge is -2.25. The molecule has 1 aromatic heterocycles. The zero-order valence-electron chi connectivity index (χ0n) is 18.6. The third-order valence-electron chi connectivity index (χ3n) is 5.48. The van der Waals surface area contributed by atoms with Gasteiger partial charge in [-0.3, -0.25) is 9.69 Å². The smallest absolute Gasteiger partial charge is 0.260 e. The van der Waals surface area contributed by atoms with Gasteiger partial charge in [0.1, 0.15) is 0 Å². The summed E-state index contributed by atoms with van der Waals surface area (Å²) < 4.78 is 1.14. The Morgan fingerprint density at radius 1 is 1.00 bits per heavy atom. The van der Waals surface area contributed by atoms with Crippen LogP contribution in [0.25, 0.3) is 10.2 Å². The Morgan fingerprint density at radius 3 is 2.40 bits per heavy atom. The summed E-state index contributed by atoms with van der Waals surface area (Å²) in [6.45, 7) is 13.9. The number of thiazole rings is 1. The first-order valence-electron chi connectivity index (χ1n) is 10.5. The monoisotopic (exact) mass is 445 g/mol. The summed E-state index contributed by atoms with van der Waals surface area (Å²) in [5, 5.41) is 0.784. The molecule has 0 saturated heterocycles. The van der Waals surface area contributed by atoms with Crippen molar-refractivity contribution in [2.75, 3.05) is 31.1 Å². The molecule has 162 valence electrons. The van der Waals surface area contributed by atoms with Crippen molar-refractivity contribution in [1.29, 1.82) is 0 Å². The highest BCUT2D eigenvalue weighted by Crippen LogP contribution is 2.31. The minimum absolute atomic E-state index is 0. The van der Waals surface area contributed by atoms with Crippen LogP contribution in [0.1, 0.15) is 47.8 Å². The standard InChI is InChI=1S/C24H31N3OS.ClH/c1-6-19-11-12-21-22(16-19)29-24(25-21)27(14-13-26(7-2)8-3)23(28)20-15-17(4)9-10-18(20)5;/h9-12,15-16H,6-8,13-14H2,1-5H3;1H. The fourth-order valence-corrected chi connectivity index (χ4v) is 4.52. The normalized spacial score (nSPS) is 11.0. The SMILES string of the molecule is CCc1ccc2nc(N(CCN(CC)CC)C(=O)c3cc(C)ccc3C)sc2c1.Cl. The number of anilines is 1. The quantitative estimate of drug-likeness (QED) is 0.434.